The fraction of sp³-hybridized carbons (Fsp3) is 0.333. The SMILES string of the molecule is CN(C)C.Oc1ccc[c]([Sn+])c1. The van der Waals surface area contributed by atoms with Crippen molar-refractivity contribution in [1.82, 2.24) is 4.90 Å². The van der Waals surface area contributed by atoms with E-state index in [1.165, 1.54) is 26.1 Å². The first-order chi connectivity index (χ1) is 5.52. The third-order valence-corrected chi connectivity index (χ3v) is 1.73. The molecule has 2 radical (unpaired) electrons. The first kappa shape index (κ1) is 11.8. The molecular formula is C9H14NOSn+. The Labute approximate surface area is 87.3 Å². The summed E-state index contributed by atoms with van der Waals surface area (Å²) in [4.78, 5) is 2.00. The second-order valence-corrected chi connectivity index (χ2v) is 4.54. The van der Waals surface area contributed by atoms with Crippen molar-refractivity contribution >= 4 is 26.1 Å². The summed E-state index contributed by atoms with van der Waals surface area (Å²) < 4.78 is 1.18. The normalized spacial score (nSPS) is 9.00. The first-order valence-electron chi connectivity index (χ1n) is 3.64. The van der Waals surface area contributed by atoms with Crippen molar-refractivity contribution in [2.75, 3.05) is 21.1 Å². The summed E-state index contributed by atoms with van der Waals surface area (Å²) in [5, 5.41) is 8.83. The van der Waals surface area contributed by atoms with E-state index in [9.17, 15) is 0 Å². The van der Waals surface area contributed by atoms with Crippen molar-refractivity contribution in [2.24, 2.45) is 0 Å². The molecule has 0 unspecified atom stereocenters. The maximum atomic E-state index is 8.83. The van der Waals surface area contributed by atoms with Gasteiger partial charge < -0.3 is 4.90 Å². The van der Waals surface area contributed by atoms with Gasteiger partial charge in [-0.1, -0.05) is 0 Å². The molecule has 0 saturated carbocycles. The molecule has 0 spiro atoms. The number of phenolic OH excluding ortho intramolecular Hbond substituents is 1. The Morgan fingerprint density at radius 3 is 2.00 bits per heavy atom. The minimum atomic E-state index is 0.360. The van der Waals surface area contributed by atoms with Crippen molar-refractivity contribution in [2.45, 2.75) is 0 Å². The zero-order chi connectivity index (χ0) is 9.56. The Kier molecular flexibility index (Phi) is 6.20. The number of nitrogens with zero attached hydrogens (tertiary/aromatic N) is 1. The molecular weight excluding hydrogens is 257 g/mol. The van der Waals surface area contributed by atoms with Crippen molar-refractivity contribution < 1.29 is 5.11 Å². The zero-order valence-electron chi connectivity index (χ0n) is 7.70. The molecule has 1 aromatic rings. The van der Waals surface area contributed by atoms with Crippen LogP contribution in [0.4, 0.5) is 0 Å². The number of aromatic hydroxyl groups is 1. The van der Waals surface area contributed by atoms with Crippen LogP contribution >= 0.6 is 0 Å². The van der Waals surface area contributed by atoms with Gasteiger partial charge in [0.1, 0.15) is 0 Å². The van der Waals surface area contributed by atoms with E-state index in [-0.39, 0.29) is 0 Å². The van der Waals surface area contributed by atoms with Gasteiger partial charge in [-0.2, -0.15) is 0 Å². The van der Waals surface area contributed by atoms with Gasteiger partial charge in [0.05, 0.1) is 0 Å². The molecule has 0 fully saturated rings. The second kappa shape index (κ2) is 6.31. The van der Waals surface area contributed by atoms with Crippen molar-refractivity contribution in [3.63, 3.8) is 0 Å². The summed E-state index contributed by atoms with van der Waals surface area (Å²) in [7, 11) is 6.00. The summed E-state index contributed by atoms with van der Waals surface area (Å²) in [6.45, 7) is 0. The fourth-order valence-electron chi connectivity index (χ4n) is 0.506. The second-order valence-electron chi connectivity index (χ2n) is 2.89. The third kappa shape index (κ3) is 7.88. The predicted molar refractivity (Wildman–Crippen MR) is 53.1 cm³/mol. The Morgan fingerprint density at radius 1 is 1.25 bits per heavy atom. The van der Waals surface area contributed by atoms with Gasteiger partial charge in [0, 0.05) is 0 Å². The van der Waals surface area contributed by atoms with E-state index in [0.717, 1.165) is 0 Å². The summed E-state index contributed by atoms with van der Waals surface area (Å²) >= 11 is 1.34. The van der Waals surface area contributed by atoms with Crippen LogP contribution in [0, 0.1) is 0 Å². The number of hydrogen-bond acceptors (Lipinski definition) is 2. The third-order valence-electron chi connectivity index (χ3n) is 0.846. The van der Waals surface area contributed by atoms with Crippen LogP contribution in [0.3, 0.4) is 0 Å². The molecule has 0 amide bonds. The summed E-state index contributed by atoms with van der Waals surface area (Å²) in [6, 6.07) is 7.27. The molecule has 2 nitrogen and oxygen atoms in total. The average Bonchev–Trinajstić information content (AvgIpc) is 1.84. The van der Waals surface area contributed by atoms with Gasteiger partial charge >= 0.3 is 61.2 Å². The molecule has 0 aromatic heterocycles. The fourth-order valence-corrected chi connectivity index (χ4v) is 1.20. The quantitative estimate of drug-likeness (QED) is 0.689. The van der Waals surface area contributed by atoms with Crippen LogP contribution < -0.4 is 3.58 Å². The van der Waals surface area contributed by atoms with Gasteiger partial charge in [-0.3, -0.25) is 0 Å². The molecule has 64 valence electrons. The van der Waals surface area contributed by atoms with Crippen molar-refractivity contribution in [3.05, 3.63) is 24.3 Å². The van der Waals surface area contributed by atoms with E-state index < -0.39 is 0 Å². The Hall–Kier alpha value is -0.221. The number of phenols is 1. The molecule has 1 N–H and O–H groups in total. The Bertz CT molecular complexity index is 206. The molecule has 0 aliphatic carbocycles. The monoisotopic (exact) mass is 272 g/mol. The molecule has 0 atom stereocenters. The van der Waals surface area contributed by atoms with Gasteiger partial charge in [-0.05, 0) is 21.1 Å². The molecule has 3 heteroatoms. The maximum absolute atomic E-state index is 8.83. The van der Waals surface area contributed by atoms with Crippen molar-refractivity contribution in [3.8, 4) is 5.75 Å². The number of benzene rings is 1. The van der Waals surface area contributed by atoms with Gasteiger partial charge in [-0.15, -0.1) is 0 Å². The number of hydrogen-bond donors (Lipinski definition) is 1. The van der Waals surface area contributed by atoms with Gasteiger partial charge in [0.2, 0.25) is 0 Å². The van der Waals surface area contributed by atoms with E-state index in [4.69, 9.17) is 5.11 Å². The summed E-state index contributed by atoms with van der Waals surface area (Å²) in [5.74, 6) is 0.360. The summed E-state index contributed by atoms with van der Waals surface area (Å²) in [5.41, 5.74) is 0. The van der Waals surface area contributed by atoms with Crippen LogP contribution in [0.25, 0.3) is 0 Å². The first-order valence-corrected chi connectivity index (χ1v) is 5.06. The number of rotatable bonds is 0. The molecule has 0 saturated heterocycles. The molecule has 0 aliphatic rings. The molecule has 1 aromatic carbocycles. The molecule has 1 rings (SSSR count). The van der Waals surface area contributed by atoms with Crippen LogP contribution in [-0.4, -0.2) is 53.7 Å². The zero-order valence-corrected chi connectivity index (χ0v) is 10.6. The molecule has 12 heavy (non-hydrogen) atoms. The van der Waals surface area contributed by atoms with Crippen LogP contribution in [-0.2, 0) is 0 Å². The van der Waals surface area contributed by atoms with Crippen LogP contribution in [0.1, 0.15) is 0 Å². The summed E-state index contributed by atoms with van der Waals surface area (Å²) in [6.07, 6.45) is 0. The topological polar surface area (TPSA) is 23.5 Å². The standard InChI is InChI=1S/C6H5O.C3H9N.Sn/c7-6-4-2-1-3-5-6;1-4(2)3;/h1-2,4-5,7H;1-3H3;/q;;+1. The van der Waals surface area contributed by atoms with E-state index in [2.05, 4.69) is 0 Å². The Balaban J connectivity index is 0.000000261. The van der Waals surface area contributed by atoms with Crippen LogP contribution in [0.5, 0.6) is 5.75 Å². The van der Waals surface area contributed by atoms with Crippen LogP contribution in [0.2, 0.25) is 0 Å². The van der Waals surface area contributed by atoms with E-state index >= 15 is 0 Å². The predicted octanol–water partition coefficient (Wildman–Crippen LogP) is 0.364. The Morgan fingerprint density at radius 2 is 1.75 bits per heavy atom. The van der Waals surface area contributed by atoms with Gasteiger partial charge in [0.15, 0.2) is 0 Å². The van der Waals surface area contributed by atoms with Gasteiger partial charge in [-0.25, -0.2) is 0 Å². The molecule has 0 bridgehead atoms. The van der Waals surface area contributed by atoms with Crippen molar-refractivity contribution in [1.29, 1.82) is 0 Å². The van der Waals surface area contributed by atoms with E-state index in [0.29, 0.717) is 5.75 Å². The minimum absolute atomic E-state index is 0.360. The van der Waals surface area contributed by atoms with E-state index in [1.54, 1.807) is 12.1 Å². The molecule has 0 heterocycles. The van der Waals surface area contributed by atoms with Gasteiger partial charge in [0.25, 0.3) is 0 Å². The van der Waals surface area contributed by atoms with E-state index in [1.807, 2.05) is 38.2 Å². The molecule has 0 aliphatic heterocycles. The van der Waals surface area contributed by atoms with Crippen LogP contribution in [0.15, 0.2) is 24.3 Å². The average molecular weight is 271 g/mol.